The summed E-state index contributed by atoms with van der Waals surface area (Å²) in [5, 5.41) is 0. The quantitative estimate of drug-likeness (QED) is 0.155. The van der Waals surface area contributed by atoms with Crippen LogP contribution in [0.15, 0.2) is 260 Å². The lowest BCUT2D eigenvalue weighted by molar-refractivity contribution is 0.243. The van der Waals surface area contributed by atoms with E-state index in [0.29, 0.717) is 0 Å². The standard InChI is InChI=1S/C102H98B3N3O3/c1-97(2,3)67-31-40-73(41-32-67)106-82-46-28-61(55-76(82)103-79-58-70(100(10,11)12)37-49-88(79)109-91-25-19-22-85(106)94(91)103)64-52-65(62-29-47-83-77(56-62)104-80-59-71(101(13,14)15)38-50-89(80)110-92-26-20-23-86(95(92)104)107(83)74-42-33-68(34-43-74)98(4,5)6)54-66(53-64)63-30-48-84-78(57-63)105-81-60-72(102(16,17)18)39-51-90(81)111-93-27-21-24-87(96(93)105)108(84)75-44-35-69(36-45-75)99(7,8)9/h19-26,28-60,93H,27H2,1-18H3. The second kappa shape index (κ2) is 24.8. The Balaban J connectivity index is 0.862. The van der Waals surface area contributed by atoms with Gasteiger partial charge in [0.15, 0.2) is 0 Å². The Hall–Kier alpha value is -10.9. The third-order valence-corrected chi connectivity index (χ3v) is 24.9. The molecule has 0 spiro atoms. The van der Waals surface area contributed by atoms with Crippen molar-refractivity contribution < 1.29 is 14.2 Å². The minimum Gasteiger partial charge on any atom is -0.487 e. The largest absolute Gasteiger partial charge is 0.487 e. The van der Waals surface area contributed by atoms with Crippen LogP contribution < -0.4 is 72.6 Å². The van der Waals surface area contributed by atoms with Crippen LogP contribution in [0, 0.1) is 0 Å². The Morgan fingerprint density at radius 2 is 0.613 bits per heavy atom. The molecule has 0 N–H and O–H groups in total. The first-order valence-electron chi connectivity index (χ1n) is 40.2. The average Bonchev–Trinajstić information content (AvgIpc) is 0.718. The molecule has 0 bridgehead atoms. The zero-order valence-electron chi connectivity index (χ0n) is 67.8. The fourth-order valence-electron chi connectivity index (χ4n) is 18.6. The molecule has 0 aromatic heterocycles. The van der Waals surface area contributed by atoms with Crippen LogP contribution >= 0.6 is 0 Å². The summed E-state index contributed by atoms with van der Waals surface area (Å²) in [4.78, 5) is 7.51. The normalized spacial score (nSPS) is 15.7. The predicted octanol–water partition coefficient (Wildman–Crippen LogP) is 21.6. The summed E-state index contributed by atoms with van der Waals surface area (Å²) in [5.74, 6) is 4.55. The van der Waals surface area contributed by atoms with E-state index < -0.39 is 0 Å². The van der Waals surface area contributed by atoms with E-state index in [1.807, 2.05) is 0 Å². The van der Waals surface area contributed by atoms with Gasteiger partial charge in [-0.1, -0.05) is 252 Å². The molecule has 1 unspecified atom stereocenters. The molecule has 6 heterocycles. The van der Waals surface area contributed by atoms with Crippen molar-refractivity contribution in [3.63, 3.8) is 0 Å². The van der Waals surface area contributed by atoms with E-state index in [0.717, 1.165) is 108 Å². The molecule has 1 atom stereocenters. The predicted molar refractivity (Wildman–Crippen MR) is 472 cm³/mol. The fraction of sp³-hybridized carbons (Fsp3) is 0.255. The summed E-state index contributed by atoms with van der Waals surface area (Å²) < 4.78 is 21.4. The van der Waals surface area contributed by atoms with Gasteiger partial charge >= 0.3 is 0 Å². The third-order valence-electron chi connectivity index (χ3n) is 24.9. The Morgan fingerprint density at radius 3 is 0.991 bits per heavy atom. The van der Waals surface area contributed by atoms with Crippen molar-refractivity contribution in [2.75, 3.05) is 14.7 Å². The maximum absolute atomic E-state index is 7.24. The van der Waals surface area contributed by atoms with Gasteiger partial charge in [-0.25, -0.2) is 0 Å². The maximum atomic E-state index is 7.24. The van der Waals surface area contributed by atoms with E-state index in [9.17, 15) is 0 Å². The van der Waals surface area contributed by atoms with Gasteiger partial charge in [0.25, 0.3) is 20.1 Å². The monoisotopic (exact) mass is 1450 g/mol. The van der Waals surface area contributed by atoms with Crippen LogP contribution in [0.25, 0.3) is 33.4 Å². The van der Waals surface area contributed by atoms with Crippen molar-refractivity contribution in [2.24, 2.45) is 0 Å². The first-order valence-corrected chi connectivity index (χ1v) is 40.2. The van der Waals surface area contributed by atoms with Gasteiger partial charge in [-0.15, -0.1) is 0 Å². The first kappa shape index (κ1) is 70.5. The Bertz CT molecular complexity index is 5690. The van der Waals surface area contributed by atoms with Gasteiger partial charge < -0.3 is 28.9 Å². The van der Waals surface area contributed by atoms with Gasteiger partial charge in [-0.3, -0.25) is 0 Å². The van der Waals surface area contributed by atoms with Gasteiger partial charge in [0, 0.05) is 57.6 Å². The highest BCUT2D eigenvalue weighted by Gasteiger charge is 2.48. The lowest BCUT2D eigenvalue weighted by Gasteiger charge is -2.45. The zero-order chi connectivity index (χ0) is 77.1. The molecule has 12 aromatic rings. The number of benzene rings is 12. The molecule has 111 heavy (non-hydrogen) atoms. The van der Waals surface area contributed by atoms with E-state index in [-0.39, 0.29) is 58.7 Å². The fourth-order valence-corrected chi connectivity index (χ4v) is 18.6. The molecular weight excluding hydrogens is 1350 g/mol. The first-order chi connectivity index (χ1) is 52.8. The summed E-state index contributed by atoms with van der Waals surface area (Å²) in [6.45, 7) is 41.2. The summed E-state index contributed by atoms with van der Waals surface area (Å²) in [6.07, 6.45) is 5.36. The van der Waals surface area contributed by atoms with Gasteiger partial charge in [0.2, 0.25) is 0 Å². The molecule has 0 radical (unpaired) electrons. The molecule has 6 aliphatic heterocycles. The SMILES string of the molecule is CC(C)(C)c1ccc(N2C3=C4B(c5cc(C(C)(C)C)ccc5OC4CC=C3)c3cc(-c4cc(-c5ccc6c(c5)B5c7cc(C(C)(C)C)ccc7Oc7cccc(c75)N6c5ccc(C(C)(C)C)cc5)cc(-c5ccc6c(c5)B5c7cc(C(C)(C)C)ccc7Oc7cccc(c75)N6c5ccc(C(C)(C)C)cc5)c4)ccc32)cc1. The van der Waals surface area contributed by atoms with E-state index in [1.54, 1.807) is 0 Å². The van der Waals surface area contributed by atoms with E-state index in [4.69, 9.17) is 14.2 Å². The van der Waals surface area contributed by atoms with E-state index >= 15 is 0 Å². The van der Waals surface area contributed by atoms with Gasteiger partial charge in [0.05, 0.1) is 0 Å². The number of ether oxygens (including phenoxy) is 3. The van der Waals surface area contributed by atoms with Crippen LogP contribution in [0.5, 0.6) is 28.7 Å². The number of hydrogen-bond donors (Lipinski definition) is 0. The highest BCUT2D eigenvalue weighted by Crippen LogP contribution is 2.49. The van der Waals surface area contributed by atoms with Gasteiger partial charge in [-0.2, -0.15) is 0 Å². The number of allylic oxidation sites excluding steroid dienone is 1. The Morgan fingerprint density at radius 1 is 0.279 bits per heavy atom. The molecule has 0 saturated heterocycles. The molecule has 19 rings (SSSR count). The Kier molecular flexibility index (Phi) is 15.8. The number of hydrogen-bond acceptors (Lipinski definition) is 6. The van der Waals surface area contributed by atoms with Crippen LogP contribution in [0.4, 0.5) is 45.5 Å². The topological polar surface area (TPSA) is 37.4 Å². The number of anilines is 8. The summed E-state index contributed by atoms with van der Waals surface area (Å²) in [6, 6.07) is 91.5. The highest BCUT2D eigenvalue weighted by atomic mass is 16.5. The summed E-state index contributed by atoms with van der Waals surface area (Å²) in [7, 11) is 0. The van der Waals surface area contributed by atoms with Crippen molar-refractivity contribution in [1.82, 2.24) is 0 Å². The van der Waals surface area contributed by atoms with Gasteiger partial charge in [-0.05, 0) is 270 Å². The van der Waals surface area contributed by atoms with Crippen LogP contribution in [0.2, 0.25) is 0 Å². The number of nitrogens with zero attached hydrogens (tertiary/aromatic N) is 3. The number of fused-ring (bicyclic) bond motifs is 12. The maximum Gasteiger partial charge on any atom is 0.256 e. The molecule has 12 aromatic carbocycles. The van der Waals surface area contributed by atoms with Crippen LogP contribution in [-0.2, 0) is 32.5 Å². The van der Waals surface area contributed by atoms with Crippen LogP contribution in [-0.4, -0.2) is 26.2 Å². The van der Waals surface area contributed by atoms with Crippen LogP contribution in [0.1, 0.15) is 164 Å². The molecule has 0 amide bonds. The lowest BCUT2D eigenvalue weighted by atomic mass is 9.32. The van der Waals surface area contributed by atoms with Crippen molar-refractivity contribution in [2.45, 2.75) is 170 Å². The van der Waals surface area contributed by atoms with E-state index in [1.165, 1.54) is 93.9 Å². The second-order valence-corrected chi connectivity index (χ2v) is 38.5. The minimum atomic E-state index is -0.131. The van der Waals surface area contributed by atoms with Crippen molar-refractivity contribution >= 4 is 109 Å². The smallest absolute Gasteiger partial charge is 0.256 e. The van der Waals surface area contributed by atoms with Crippen molar-refractivity contribution in [3.05, 3.63) is 293 Å². The third kappa shape index (κ3) is 11.7. The molecule has 0 fully saturated rings. The number of rotatable bonds is 6. The lowest BCUT2D eigenvalue weighted by Crippen LogP contribution is -2.59. The average molecular weight is 1450 g/mol. The van der Waals surface area contributed by atoms with Crippen molar-refractivity contribution in [3.8, 4) is 62.1 Å². The Labute approximate surface area is 659 Å². The molecule has 548 valence electrons. The molecule has 1 aliphatic carbocycles. The second-order valence-electron chi connectivity index (χ2n) is 38.5. The minimum absolute atomic E-state index is 0.00534. The summed E-state index contributed by atoms with van der Waals surface area (Å²) in [5.41, 5.74) is 35.6. The molecule has 6 nitrogen and oxygen atoms in total. The van der Waals surface area contributed by atoms with Crippen LogP contribution in [0.3, 0.4) is 0 Å². The van der Waals surface area contributed by atoms with Gasteiger partial charge in [0.1, 0.15) is 34.9 Å². The summed E-state index contributed by atoms with van der Waals surface area (Å²) >= 11 is 0. The highest BCUT2D eigenvalue weighted by molar-refractivity contribution is 7.00. The molecule has 7 aliphatic rings. The molecule has 9 heteroatoms. The zero-order valence-corrected chi connectivity index (χ0v) is 67.8. The van der Waals surface area contributed by atoms with Crippen molar-refractivity contribution in [1.29, 1.82) is 0 Å². The van der Waals surface area contributed by atoms with E-state index in [2.05, 4.69) is 388 Å². The molecule has 0 saturated carbocycles. The molecular formula is C102H98B3N3O3.